The van der Waals surface area contributed by atoms with Gasteiger partial charge in [-0.3, -0.25) is 0 Å². The van der Waals surface area contributed by atoms with Gasteiger partial charge in [-0.15, -0.1) is 0 Å². The van der Waals surface area contributed by atoms with Crippen molar-refractivity contribution in [2.75, 3.05) is 0 Å². The molecule has 0 heterocycles. The molecule has 1 unspecified atom stereocenters. The maximum Gasteiger partial charge on any atom is 0.186 e. The molecular formula is C2H4FO3S-. The Hall–Kier alpha value is -0.160. The maximum atomic E-state index is 11.3. The van der Waals surface area contributed by atoms with Crippen molar-refractivity contribution < 1.29 is 17.4 Å². The highest BCUT2D eigenvalue weighted by Gasteiger charge is 2.03. The zero-order valence-electron chi connectivity index (χ0n) is 3.59. The summed E-state index contributed by atoms with van der Waals surface area (Å²) in [7, 11) is -4.66. The van der Waals surface area contributed by atoms with Gasteiger partial charge in [0.1, 0.15) is 10.1 Å². The van der Waals surface area contributed by atoms with Crippen LogP contribution < -0.4 is 0 Å². The molecule has 0 aliphatic rings. The van der Waals surface area contributed by atoms with Gasteiger partial charge < -0.3 is 4.55 Å². The molecule has 0 aromatic carbocycles. The average molecular weight is 127 g/mol. The zero-order chi connectivity index (χ0) is 6.08. The normalized spacial score (nSPS) is 16.4. The average Bonchev–Trinajstić information content (AvgIpc) is 1.31. The molecule has 0 fully saturated rings. The molecule has 0 aromatic rings. The third kappa shape index (κ3) is 2.52. The van der Waals surface area contributed by atoms with Crippen molar-refractivity contribution in [2.24, 2.45) is 0 Å². The topological polar surface area (TPSA) is 57.2 Å². The molecule has 0 N–H and O–H groups in total. The first-order valence-electron chi connectivity index (χ1n) is 1.53. The lowest BCUT2D eigenvalue weighted by molar-refractivity contribution is 0.380. The van der Waals surface area contributed by atoms with Crippen molar-refractivity contribution in [1.29, 1.82) is 0 Å². The third-order valence-electron chi connectivity index (χ3n) is 0.398. The van der Waals surface area contributed by atoms with E-state index in [1.165, 1.54) is 0 Å². The van der Waals surface area contributed by atoms with Crippen molar-refractivity contribution in [3.8, 4) is 0 Å². The summed E-state index contributed by atoms with van der Waals surface area (Å²) in [4.78, 5) is 0. The summed E-state index contributed by atoms with van der Waals surface area (Å²) < 4.78 is 39.5. The lowest BCUT2D eigenvalue weighted by Gasteiger charge is -2.04. The Bertz CT molecular complexity index is 135. The minimum Gasteiger partial charge on any atom is -0.746 e. The van der Waals surface area contributed by atoms with Crippen LogP contribution in [-0.4, -0.2) is 18.5 Å². The van der Waals surface area contributed by atoms with Gasteiger partial charge in [-0.25, -0.2) is 12.8 Å². The van der Waals surface area contributed by atoms with Crippen LogP contribution in [0.2, 0.25) is 0 Å². The number of rotatable bonds is 1. The van der Waals surface area contributed by atoms with Gasteiger partial charge in [-0.05, 0) is 6.92 Å². The van der Waals surface area contributed by atoms with Crippen LogP contribution in [0.5, 0.6) is 0 Å². The molecule has 3 nitrogen and oxygen atoms in total. The molecule has 44 valence electrons. The highest BCUT2D eigenvalue weighted by atomic mass is 32.2. The number of hydrogen-bond acceptors (Lipinski definition) is 3. The van der Waals surface area contributed by atoms with Crippen molar-refractivity contribution in [1.82, 2.24) is 0 Å². The quantitative estimate of drug-likeness (QED) is 0.460. The summed E-state index contributed by atoms with van der Waals surface area (Å²) in [6.07, 6.45) is 0. The van der Waals surface area contributed by atoms with Crippen LogP contribution in [0.25, 0.3) is 0 Å². The largest absolute Gasteiger partial charge is 0.746 e. The standard InChI is InChI=1S/C2H5FO3S/c1-2(3)7(4,5)6/h2H,1H3,(H,4,5,6)/p-1. The van der Waals surface area contributed by atoms with Gasteiger partial charge in [0, 0.05) is 0 Å². The van der Waals surface area contributed by atoms with E-state index < -0.39 is 15.6 Å². The van der Waals surface area contributed by atoms with Crippen LogP contribution in [0.4, 0.5) is 4.39 Å². The van der Waals surface area contributed by atoms with Crippen molar-refractivity contribution in [2.45, 2.75) is 12.4 Å². The van der Waals surface area contributed by atoms with Crippen LogP contribution in [0.1, 0.15) is 6.92 Å². The van der Waals surface area contributed by atoms with Crippen LogP contribution in [0.15, 0.2) is 0 Å². The Kier molecular flexibility index (Phi) is 1.71. The van der Waals surface area contributed by atoms with Crippen molar-refractivity contribution in [3.05, 3.63) is 0 Å². The molecular weight excluding hydrogens is 123 g/mol. The van der Waals surface area contributed by atoms with E-state index in [-0.39, 0.29) is 0 Å². The fraction of sp³-hybridized carbons (Fsp3) is 1.00. The lowest BCUT2D eigenvalue weighted by Crippen LogP contribution is -2.09. The molecule has 0 radical (unpaired) electrons. The Morgan fingerprint density at radius 3 is 1.86 bits per heavy atom. The van der Waals surface area contributed by atoms with E-state index in [4.69, 9.17) is 0 Å². The molecule has 0 saturated carbocycles. The third-order valence-corrected chi connectivity index (χ3v) is 1.19. The van der Waals surface area contributed by atoms with E-state index in [0.717, 1.165) is 0 Å². The van der Waals surface area contributed by atoms with E-state index in [2.05, 4.69) is 0 Å². The molecule has 1 atom stereocenters. The van der Waals surface area contributed by atoms with E-state index >= 15 is 0 Å². The predicted molar refractivity (Wildman–Crippen MR) is 20.3 cm³/mol. The highest BCUT2D eigenvalue weighted by Crippen LogP contribution is 1.95. The minimum absolute atomic E-state index is 0.683. The number of alkyl halides is 1. The zero-order valence-corrected chi connectivity index (χ0v) is 4.40. The molecule has 7 heavy (non-hydrogen) atoms. The Morgan fingerprint density at radius 2 is 1.86 bits per heavy atom. The molecule has 0 aliphatic carbocycles. The molecule has 0 spiro atoms. The van der Waals surface area contributed by atoms with Crippen LogP contribution in [-0.2, 0) is 10.1 Å². The second-order valence-corrected chi connectivity index (χ2v) is 2.67. The minimum atomic E-state index is -4.66. The first kappa shape index (κ1) is 6.84. The lowest BCUT2D eigenvalue weighted by atomic mass is 10.9. The van der Waals surface area contributed by atoms with Crippen LogP contribution in [0.3, 0.4) is 0 Å². The molecule has 0 saturated heterocycles. The fourth-order valence-corrected chi connectivity index (χ4v) is 0. The van der Waals surface area contributed by atoms with Crippen LogP contribution >= 0.6 is 0 Å². The Labute approximate surface area is 40.9 Å². The molecule has 0 aliphatic heterocycles. The summed E-state index contributed by atoms with van der Waals surface area (Å²) in [5, 5.41) is 0. The van der Waals surface area contributed by atoms with Crippen molar-refractivity contribution >= 4 is 10.1 Å². The molecule has 0 rings (SSSR count). The Morgan fingerprint density at radius 1 is 1.71 bits per heavy atom. The summed E-state index contributed by atoms with van der Waals surface area (Å²) in [5.41, 5.74) is -2.28. The molecule has 0 amide bonds. The summed E-state index contributed by atoms with van der Waals surface area (Å²) in [5.74, 6) is 0. The second-order valence-electron chi connectivity index (χ2n) is 1.04. The number of halogens is 1. The van der Waals surface area contributed by atoms with Gasteiger partial charge in [-0.2, -0.15) is 0 Å². The summed E-state index contributed by atoms with van der Waals surface area (Å²) >= 11 is 0. The number of hydrogen-bond donors (Lipinski definition) is 0. The second kappa shape index (κ2) is 1.75. The SMILES string of the molecule is CC(F)S(=O)(=O)[O-]. The van der Waals surface area contributed by atoms with E-state index in [1.54, 1.807) is 0 Å². The monoisotopic (exact) mass is 127 g/mol. The van der Waals surface area contributed by atoms with Gasteiger partial charge in [0.2, 0.25) is 0 Å². The van der Waals surface area contributed by atoms with E-state index in [1.807, 2.05) is 0 Å². The predicted octanol–water partition coefficient (Wildman–Crippen LogP) is -0.153. The highest BCUT2D eigenvalue weighted by molar-refractivity contribution is 7.86. The van der Waals surface area contributed by atoms with Gasteiger partial charge in [-0.1, -0.05) is 0 Å². The van der Waals surface area contributed by atoms with Gasteiger partial charge in [0.25, 0.3) is 0 Å². The van der Waals surface area contributed by atoms with E-state index in [0.29, 0.717) is 6.92 Å². The molecule has 5 heteroatoms. The summed E-state index contributed by atoms with van der Waals surface area (Å²) in [6.45, 7) is 0.683. The first-order valence-corrected chi connectivity index (χ1v) is 3.00. The van der Waals surface area contributed by atoms with Gasteiger partial charge in [0.15, 0.2) is 5.50 Å². The fourth-order valence-electron chi connectivity index (χ4n) is 0. The molecule has 0 bridgehead atoms. The molecule has 0 aromatic heterocycles. The Balaban J connectivity index is 4.10. The first-order chi connectivity index (χ1) is 2.94. The summed E-state index contributed by atoms with van der Waals surface area (Å²) in [6, 6.07) is 0. The van der Waals surface area contributed by atoms with Crippen molar-refractivity contribution in [3.63, 3.8) is 0 Å². The van der Waals surface area contributed by atoms with Crippen LogP contribution in [0, 0.1) is 0 Å². The van der Waals surface area contributed by atoms with Gasteiger partial charge >= 0.3 is 0 Å². The smallest absolute Gasteiger partial charge is 0.186 e. The van der Waals surface area contributed by atoms with E-state index in [9.17, 15) is 17.4 Å². The maximum absolute atomic E-state index is 11.3. The van der Waals surface area contributed by atoms with Gasteiger partial charge in [0.05, 0.1) is 0 Å².